The quantitative estimate of drug-likeness (QED) is 0.831. The number of hydrogen-bond donors (Lipinski definition) is 0. The second-order valence-electron chi connectivity index (χ2n) is 3.80. The van der Waals surface area contributed by atoms with Gasteiger partial charge in [-0.25, -0.2) is 4.98 Å². The molecule has 90 valence electrons. The molecule has 1 aromatic carbocycles. The Kier molecular flexibility index (Phi) is 3.69. The van der Waals surface area contributed by atoms with Crippen LogP contribution in [0, 0.1) is 6.92 Å². The summed E-state index contributed by atoms with van der Waals surface area (Å²) in [5, 5.41) is 0.624. The maximum Gasteiger partial charge on any atom is 0.147 e. The molecular formula is C13H15ClN2O. The zero-order chi connectivity index (χ0) is 12.3. The standard InChI is InChI=1S/C13H15ClN2O/c1-3-16-8-10(2)15-13(16)9-17-12-7-5-4-6-11(12)14/h4-8H,3,9H2,1-2H3. The Balaban J connectivity index is 2.09. The lowest BCUT2D eigenvalue weighted by atomic mass is 10.3. The topological polar surface area (TPSA) is 27.1 Å². The first-order chi connectivity index (χ1) is 8.20. The molecule has 2 rings (SSSR count). The summed E-state index contributed by atoms with van der Waals surface area (Å²) in [5.74, 6) is 1.61. The Labute approximate surface area is 106 Å². The highest BCUT2D eigenvalue weighted by Gasteiger charge is 2.06. The van der Waals surface area contributed by atoms with Crippen molar-refractivity contribution in [3.05, 3.63) is 47.0 Å². The minimum absolute atomic E-state index is 0.436. The molecule has 0 saturated carbocycles. The molecule has 0 fully saturated rings. The van der Waals surface area contributed by atoms with Crippen LogP contribution in [-0.2, 0) is 13.2 Å². The third-order valence-corrected chi connectivity index (χ3v) is 2.83. The molecule has 0 saturated heterocycles. The van der Waals surface area contributed by atoms with Crippen molar-refractivity contribution in [1.82, 2.24) is 9.55 Å². The van der Waals surface area contributed by atoms with E-state index in [9.17, 15) is 0 Å². The molecule has 3 nitrogen and oxygen atoms in total. The van der Waals surface area contributed by atoms with E-state index in [1.165, 1.54) is 0 Å². The average molecular weight is 251 g/mol. The van der Waals surface area contributed by atoms with Gasteiger partial charge in [-0.2, -0.15) is 0 Å². The number of aryl methyl sites for hydroxylation is 2. The number of ether oxygens (including phenoxy) is 1. The summed E-state index contributed by atoms with van der Waals surface area (Å²) < 4.78 is 7.74. The minimum atomic E-state index is 0.436. The average Bonchev–Trinajstić information content (AvgIpc) is 2.69. The van der Waals surface area contributed by atoms with Crippen LogP contribution >= 0.6 is 11.6 Å². The number of para-hydroxylation sites is 1. The molecule has 0 aliphatic carbocycles. The Bertz CT molecular complexity index is 508. The van der Waals surface area contributed by atoms with Gasteiger partial charge in [0.05, 0.1) is 10.7 Å². The number of halogens is 1. The smallest absolute Gasteiger partial charge is 0.147 e. The van der Waals surface area contributed by atoms with Gasteiger partial charge < -0.3 is 9.30 Å². The molecule has 17 heavy (non-hydrogen) atoms. The second kappa shape index (κ2) is 5.23. The normalized spacial score (nSPS) is 10.5. The number of imidazole rings is 1. The predicted octanol–water partition coefficient (Wildman–Crippen LogP) is 3.44. The van der Waals surface area contributed by atoms with E-state index >= 15 is 0 Å². The molecule has 0 spiro atoms. The van der Waals surface area contributed by atoms with E-state index in [0.29, 0.717) is 17.4 Å². The van der Waals surface area contributed by atoms with Gasteiger partial charge in [0, 0.05) is 12.7 Å². The lowest BCUT2D eigenvalue weighted by Crippen LogP contribution is -2.05. The van der Waals surface area contributed by atoms with Crippen molar-refractivity contribution in [3.63, 3.8) is 0 Å². The first-order valence-corrected chi connectivity index (χ1v) is 5.98. The molecule has 0 aliphatic rings. The highest BCUT2D eigenvalue weighted by Crippen LogP contribution is 2.23. The molecule has 0 radical (unpaired) electrons. The van der Waals surface area contributed by atoms with Crippen molar-refractivity contribution in [2.45, 2.75) is 27.0 Å². The zero-order valence-corrected chi connectivity index (χ0v) is 10.7. The summed E-state index contributed by atoms with van der Waals surface area (Å²) in [6.07, 6.45) is 2.02. The van der Waals surface area contributed by atoms with E-state index in [-0.39, 0.29) is 0 Å². The van der Waals surface area contributed by atoms with E-state index in [1.807, 2.05) is 37.4 Å². The summed E-state index contributed by atoms with van der Waals surface area (Å²) in [6, 6.07) is 7.45. The molecular weight excluding hydrogens is 236 g/mol. The fourth-order valence-corrected chi connectivity index (χ4v) is 1.88. The van der Waals surface area contributed by atoms with Crippen LogP contribution in [0.15, 0.2) is 30.5 Å². The van der Waals surface area contributed by atoms with Gasteiger partial charge in [-0.3, -0.25) is 0 Å². The largest absolute Gasteiger partial charge is 0.484 e. The summed E-state index contributed by atoms with van der Waals surface area (Å²) in [6.45, 7) is 5.39. The van der Waals surface area contributed by atoms with E-state index in [0.717, 1.165) is 18.1 Å². The highest BCUT2D eigenvalue weighted by molar-refractivity contribution is 6.32. The maximum absolute atomic E-state index is 6.02. The van der Waals surface area contributed by atoms with Crippen LogP contribution in [0.4, 0.5) is 0 Å². The second-order valence-corrected chi connectivity index (χ2v) is 4.21. The van der Waals surface area contributed by atoms with Crippen LogP contribution in [0.2, 0.25) is 5.02 Å². The Morgan fingerprint density at radius 3 is 2.82 bits per heavy atom. The monoisotopic (exact) mass is 250 g/mol. The number of aromatic nitrogens is 2. The first-order valence-electron chi connectivity index (χ1n) is 5.60. The summed E-state index contributed by atoms with van der Waals surface area (Å²) in [5.41, 5.74) is 1.00. The van der Waals surface area contributed by atoms with Crippen LogP contribution in [-0.4, -0.2) is 9.55 Å². The Hall–Kier alpha value is -1.48. The van der Waals surface area contributed by atoms with Gasteiger partial charge >= 0.3 is 0 Å². The van der Waals surface area contributed by atoms with Crippen molar-refractivity contribution in [3.8, 4) is 5.75 Å². The third kappa shape index (κ3) is 2.80. The molecule has 0 atom stereocenters. The zero-order valence-electron chi connectivity index (χ0n) is 9.98. The molecule has 1 heterocycles. The van der Waals surface area contributed by atoms with Crippen LogP contribution in [0.3, 0.4) is 0 Å². The van der Waals surface area contributed by atoms with Crippen LogP contribution in [0.25, 0.3) is 0 Å². The van der Waals surface area contributed by atoms with Crippen LogP contribution < -0.4 is 4.74 Å². The third-order valence-electron chi connectivity index (χ3n) is 2.51. The molecule has 0 bridgehead atoms. The Morgan fingerprint density at radius 2 is 2.12 bits per heavy atom. The highest BCUT2D eigenvalue weighted by atomic mass is 35.5. The molecule has 1 aromatic heterocycles. The van der Waals surface area contributed by atoms with Crippen molar-refractivity contribution >= 4 is 11.6 Å². The molecule has 0 amide bonds. The summed E-state index contributed by atoms with van der Waals surface area (Å²) in [4.78, 5) is 4.42. The lowest BCUT2D eigenvalue weighted by Gasteiger charge is -2.08. The molecule has 4 heteroatoms. The van der Waals surface area contributed by atoms with Gasteiger partial charge in [0.1, 0.15) is 18.2 Å². The van der Waals surface area contributed by atoms with Crippen molar-refractivity contribution in [2.75, 3.05) is 0 Å². The van der Waals surface area contributed by atoms with Gasteiger partial charge in [0.15, 0.2) is 0 Å². The first kappa shape index (κ1) is 12.0. The summed E-state index contributed by atoms with van der Waals surface area (Å²) >= 11 is 6.02. The van der Waals surface area contributed by atoms with Gasteiger partial charge in [-0.05, 0) is 26.0 Å². The van der Waals surface area contributed by atoms with E-state index < -0.39 is 0 Å². The fourth-order valence-electron chi connectivity index (χ4n) is 1.69. The molecule has 0 aliphatic heterocycles. The van der Waals surface area contributed by atoms with Crippen molar-refractivity contribution in [2.24, 2.45) is 0 Å². The molecule has 2 aromatic rings. The van der Waals surface area contributed by atoms with Gasteiger partial charge in [-0.1, -0.05) is 23.7 Å². The van der Waals surface area contributed by atoms with E-state index in [2.05, 4.69) is 16.5 Å². The number of rotatable bonds is 4. The number of hydrogen-bond acceptors (Lipinski definition) is 2. The van der Waals surface area contributed by atoms with Crippen molar-refractivity contribution in [1.29, 1.82) is 0 Å². The van der Waals surface area contributed by atoms with Crippen LogP contribution in [0.1, 0.15) is 18.4 Å². The predicted molar refractivity (Wildman–Crippen MR) is 68.4 cm³/mol. The van der Waals surface area contributed by atoms with Gasteiger partial charge in [0.2, 0.25) is 0 Å². The minimum Gasteiger partial charge on any atom is -0.484 e. The summed E-state index contributed by atoms with van der Waals surface area (Å²) in [7, 11) is 0. The van der Waals surface area contributed by atoms with Crippen LogP contribution in [0.5, 0.6) is 5.75 Å². The number of benzene rings is 1. The van der Waals surface area contributed by atoms with Gasteiger partial charge in [-0.15, -0.1) is 0 Å². The van der Waals surface area contributed by atoms with Crippen molar-refractivity contribution < 1.29 is 4.74 Å². The molecule has 0 unspecified atom stereocenters. The van der Waals surface area contributed by atoms with Gasteiger partial charge in [0.25, 0.3) is 0 Å². The fraction of sp³-hybridized carbons (Fsp3) is 0.308. The maximum atomic E-state index is 6.02. The SMILES string of the molecule is CCn1cc(C)nc1COc1ccccc1Cl. The number of nitrogens with zero attached hydrogens (tertiary/aromatic N) is 2. The molecule has 0 N–H and O–H groups in total. The van der Waals surface area contributed by atoms with E-state index in [4.69, 9.17) is 16.3 Å². The lowest BCUT2D eigenvalue weighted by molar-refractivity contribution is 0.290. The van der Waals surface area contributed by atoms with E-state index in [1.54, 1.807) is 0 Å². The Morgan fingerprint density at radius 1 is 1.35 bits per heavy atom.